The third kappa shape index (κ3) is 4.14. The molecule has 1 fully saturated rings. The fourth-order valence-electron chi connectivity index (χ4n) is 3.76. The number of hydrogen-bond acceptors (Lipinski definition) is 8. The number of morpholine rings is 1. The van der Waals surface area contributed by atoms with Crippen molar-refractivity contribution in [1.82, 2.24) is 19.9 Å². The molecule has 2 aromatic heterocycles. The zero-order valence-corrected chi connectivity index (χ0v) is 17.8. The molecule has 3 heterocycles. The van der Waals surface area contributed by atoms with Gasteiger partial charge in [-0.15, -0.1) is 0 Å². The van der Waals surface area contributed by atoms with E-state index in [9.17, 15) is 9.50 Å². The zero-order chi connectivity index (χ0) is 22.8. The number of hydrogen-bond donors (Lipinski definition) is 1. The van der Waals surface area contributed by atoms with Gasteiger partial charge in [-0.3, -0.25) is 0 Å². The first-order chi connectivity index (χ1) is 16.1. The third-order valence-corrected chi connectivity index (χ3v) is 5.53. The Morgan fingerprint density at radius 1 is 1.09 bits per heavy atom. The Balaban J connectivity index is 1.52. The molecule has 1 atom stereocenters. The van der Waals surface area contributed by atoms with Crippen molar-refractivity contribution in [3.05, 3.63) is 72.3 Å². The highest BCUT2D eigenvalue weighted by atomic mass is 19.1. The summed E-state index contributed by atoms with van der Waals surface area (Å²) in [4.78, 5) is 19.1. The van der Waals surface area contributed by atoms with Crippen LogP contribution in [-0.2, 0) is 4.74 Å². The van der Waals surface area contributed by atoms with Gasteiger partial charge in [0.25, 0.3) is 0 Å². The maximum Gasteiger partial charge on any atom is 0.182 e. The number of ether oxygens (including phenoxy) is 2. The van der Waals surface area contributed by atoms with Gasteiger partial charge in [-0.05, 0) is 30.3 Å². The summed E-state index contributed by atoms with van der Waals surface area (Å²) in [6, 6.07) is 12.4. The van der Waals surface area contributed by atoms with Gasteiger partial charge in [0.05, 0.1) is 43.9 Å². The standard InChI is InChI=1S/C24H20FN5O3/c1-32-17-12-26-24(27-13-17)23(31)15-2-5-20(25)19(10-15)22-18-4-3-16(11-21(18)28-14-29-22)30-6-8-33-9-7-30/h3-4,10-14,23,31H,6-9H2,1H3. The first-order valence-electron chi connectivity index (χ1n) is 10.4. The molecule has 1 N–H and O–H groups in total. The molecule has 0 radical (unpaired) electrons. The van der Waals surface area contributed by atoms with Gasteiger partial charge in [-0.1, -0.05) is 6.07 Å². The lowest BCUT2D eigenvalue weighted by Gasteiger charge is -2.29. The van der Waals surface area contributed by atoms with Gasteiger partial charge in [-0.25, -0.2) is 19.9 Å². The number of aliphatic hydroxyl groups excluding tert-OH is 1. The Hall–Kier alpha value is -3.87. The van der Waals surface area contributed by atoms with Crippen molar-refractivity contribution >= 4 is 16.6 Å². The summed E-state index contributed by atoms with van der Waals surface area (Å²) >= 11 is 0. The van der Waals surface area contributed by atoms with E-state index in [1.54, 1.807) is 0 Å². The molecule has 0 bridgehead atoms. The lowest BCUT2D eigenvalue weighted by Crippen LogP contribution is -2.36. The van der Waals surface area contributed by atoms with Gasteiger partial charge in [0.2, 0.25) is 0 Å². The Labute approximate surface area is 189 Å². The van der Waals surface area contributed by atoms with Crippen molar-refractivity contribution in [1.29, 1.82) is 0 Å². The largest absolute Gasteiger partial charge is 0.494 e. The highest BCUT2D eigenvalue weighted by Crippen LogP contribution is 2.31. The fraction of sp³-hybridized carbons (Fsp3) is 0.250. The molecule has 1 unspecified atom stereocenters. The predicted octanol–water partition coefficient (Wildman–Crippen LogP) is 2.75. The van der Waals surface area contributed by atoms with Gasteiger partial charge in [0.1, 0.15) is 12.4 Å². The van der Waals surface area contributed by atoms with E-state index in [1.165, 1.54) is 31.9 Å². The SMILES string of the molecule is COc1cnc(C(O)c2c#cc(F)c(-c3ncnc4cc(N5CCOCC5)ccc34)c2)nc1. The van der Waals surface area contributed by atoms with E-state index in [1.807, 2.05) is 18.2 Å². The molecule has 1 aliphatic heterocycles. The molecule has 33 heavy (non-hydrogen) atoms. The molecule has 2 aromatic carbocycles. The summed E-state index contributed by atoms with van der Waals surface area (Å²) in [5.41, 5.74) is 2.57. The van der Waals surface area contributed by atoms with Crippen LogP contribution >= 0.6 is 0 Å². The number of aliphatic hydroxyl groups is 1. The maximum absolute atomic E-state index is 14.8. The molecule has 0 spiro atoms. The number of methoxy groups -OCH3 is 1. The van der Waals surface area contributed by atoms with Gasteiger partial charge in [0.15, 0.2) is 17.4 Å². The van der Waals surface area contributed by atoms with Crippen molar-refractivity contribution in [2.45, 2.75) is 6.10 Å². The first kappa shape index (κ1) is 21.0. The van der Waals surface area contributed by atoms with Crippen LogP contribution in [0, 0.1) is 17.9 Å². The molecule has 1 saturated heterocycles. The van der Waals surface area contributed by atoms with E-state index in [2.05, 4.69) is 37.0 Å². The quantitative estimate of drug-likeness (QED) is 0.501. The summed E-state index contributed by atoms with van der Waals surface area (Å²) in [6.45, 7) is 2.96. The van der Waals surface area contributed by atoms with Crippen LogP contribution in [0.4, 0.5) is 10.1 Å². The number of rotatable bonds is 5. The van der Waals surface area contributed by atoms with E-state index in [-0.39, 0.29) is 17.0 Å². The van der Waals surface area contributed by atoms with Crippen molar-refractivity contribution in [2.24, 2.45) is 0 Å². The molecular weight excluding hydrogens is 425 g/mol. The normalized spacial score (nSPS) is 14.7. The van der Waals surface area contributed by atoms with Crippen molar-refractivity contribution in [3.8, 4) is 17.0 Å². The number of benzene rings is 1. The lowest BCUT2D eigenvalue weighted by molar-refractivity contribution is 0.122. The molecule has 5 rings (SSSR count). The van der Waals surface area contributed by atoms with Crippen LogP contribution in [0.2, 0.25) is 0 Å². The predicted molar refractivity (Wildman–Crippen MR) is 118 cm³/mol. The highest BCUT2D eigenvalue weighted by Gasteiger charge is 2.19. The smallest absolute Gasteiger partial charge is 0.182 e. The monoisotopic (exact) mass is 445 g/mol. The second-order valence-corrected chi connectivity index (χ2v) is 7.48. The van der Waals surface area contributed by atoms with Crippen LogP contribution in [0.1, 0.15) is 17.5 Å². The zero-order valence-electron chi connectivity index (χ0n) is 17.8. The Kier molecular flexibility index (Phi) is 5.69. The maximum atomic E-state index is 14.8. The van der Waals surface area contributed by atoms with Crippen LogP contribution in [0.5, 0.6) is 5.75 Å². The number of nitrogens with zero attached hydrogens (tertiary/aromatic N) is 5. The summed E-state index contributed by atoms with van der Waals surface area (Å²) < 4.78 is 25.3. The van der Waals surface area contributed by atoms with Crippen molar-refractivity contribution < 1.29 is 19.0 Å². The lowest BCUT2D eigenvalue weighted by atomic mass is 10.0. The third-order valence-electron chi connectivity index (χ3n) is 5.53. The molecular formula is C24H20FN5O3. The van der Waals surface area contributed by atoms with E-state index in [0.29, 0.717) is 35.6 Å². The minimum Gasteiger partial charge on any atom is -0.494 e. The number of halogens is 1. The molecule has 0 saturated carbocycles. The fourth-order valence-corrected chi connectivity index (χ4v) is 3.76. The van der Waals surface area contributed by atoms with Crippen molar-refractivity contribution in [3.63, 3.8) is 0 Å². The molecule has 0 aliphatic carbocycles. The molecule has 0 amide bonds. The van der Waals surface area contributed by atoms with Crippen LogP contribution in [0.25, 0.3) is 22.2 Å². The van der Waals surface area contributed by atoms with E-state index >= 15 is 0 Å². The van der Waals surface area contributed by atoms with Crippen LogP contribution in [0.15, 0.2) is 43.0 Å². The molecule has 1 aliphatic rings. The topological polar surface area (TPSA) is 93.5 Å². The second-order valence-electron chi connectivity index (χ2n) is 7.48. The van der Waals surface area contributed by atoms with Crippen LogP contribution in [0.3, 0.4) is 0 Å². The molecule has 8 nitrogen and oxygen atoms in total. The second kappa shape index (κ2) is 8.94. The summed E-state index contributed by atoms with van der Waals surface area (Å²) in [5, 5.41) is 11.4. The van der Waals surface area contributed by atoms with Crippen LogP contribution in [-0.4, -0.2) is 58.5 Å². The Morgan fingerprint density at radius 3 is 2.64 bits per heavy atom. The number of anilines is 1. The molecule has 9 heteroatoms. The Morgan fingerprint density at radius 2 is 1.88 bits per heavy atom. The molecule has 166 valence electrons. The van der Waals surface area contributed by atoms with Gasteiger partial charge >= 0.3 is 0 Å². The van der Waals surface area contributed by atoms with Gasteiger partial charge < -0.3 is 19.5 Å². The van der Waals surface area contributed by atoms with Crippen LogP contribution < -0.4 is 9.64 Å². The highest BCUT2D eigenvalue weighted by molar-refractivity contribution is 5.94. The molecule has 4 aromatic rings. The average molecular weight is 445 g/mol. The average Bonchev–Trinajstić information content (AvgIpc) is 2.88. The van der Waals surface area contributed by atoms with E-state index < -0.39 is 11.9 Å². The Bertz CT molecular complexity index is 1280. The number of fused-ring (bicyclic) bond motifs is 1. The summed E-state index contributed by atoms with van der Waals surface area (Å²) in [7, 11) is 1.50. The summed E-state index contributed by atoms with van der Waals surface area (Å²) in [6.07, 6.45) is 3.08. The van der Waals surface area contributed by atoms with E-state index in [0.717, 1.165) is 18.8 Å². The first-order valence-corrected chi connectivity index (χ1v) is 10.4. The number of aromatic nitrogens is 4. The summed E-state index contributed by atoms with van der Waals surface area (Å²) in [5.74, 6) is -0.0234. The minimum atomic E-state index is -1.22. The van der Waals surface area contributed by atoms with Gasteiger partial charge in [-0.2, -0.15) is 4.39 Å². The minimum absolute atomic E-state index is 0.140. The van der Waals surface area contributed by atoms with Gasteiger partial charge in [0, 0.05) is 35.3 Å². The van der Waals surface area contributed by atoms with E-state index in [4.69, 9.17) is 9.47 Å². The van der Waals surface area contributed by atoms with Crippen molar-refractivity contribution in [2.75, 3.05) is 38.3 Å².